The average Bonchev–Trinajstić information content (AvgIpc) is 2.74. The number of anilines is 1. The maximum Gasteiger partial charge on any atom is 0.338 e. The van der Waals surface area contributed by atoms with E-state index in [4.69, 9.17) is 4.74 Å². The molecule has 1 aliphatic rings. The zero-order chi connectivity index (χ0) is 15.4. The van der Waals surface area contributed by atoms with Gasteiger partial charge in [-0.1, -0.05) is 13.0 Å². The molecule has 1 aromatic carbocycles. The van der Waals surface area contributed by atoms with Gasteiger partial charge in [-0.25, -0.2) is 9.69 Å². The number of hydrogen-bond acceptors (Lipinski definition) is 4. The van der Waals surface area contributed by atoms with Crippen LogP contribution in [0.3, 0.4) is 0 Å². The van der Waals surface area contributed by atoms with E-state index in [0.29, 0.717) is 29.9 Å². The molecule has 1 saturated heterocycles. The van der Waals surface area contributed by atoms with Crippen molar-refractivity contribution in [2.24, 2.45) is 0 Å². The molecule has 1 aromatic rings. The third-order valence-electron chi connectivity index (χ3n) is 3.16. The maximum absolute atomic E-state index is 12.2. The van der Waals surface area contributed by atoms with E-state index in [1.165, 1.54) is 0 Å². The summed E-state index contributed by atoms with van der Waals surface area (Å²) in [5.74, 6) is -0.955. The molecular formula is C16H17NO4. The number of ether oxygens (including phenoxy) is 1. The van der Waals surface area contributed by atoms with Gasteiger partial charge in [0.15, 0.2) is 0 Å². The number of benzene rings is 1. The highest BCUT2D eigenvalue weighted by Crippen LogP contribution is 2.26. The molecule has 5 nitrogen and oxygen atoms in total. The molecule has 0 bridgehead atoms. The van der Waals surface area contributed by atoms with E-state index in [0.717, 1.165) is 4.90 Å². The Morgan fingerprint density at radius 2 is 1.90 bits per heavy atom. The van der Waals surface area contributed by atoms with Crippen molar-refractivity contribution in [3.05, 3.63) is 41.5 Å². The molecule has 0 spiro atoms. The Balaban J connectivity index is 2.23. The Hall–Kier alpha value is -2.43. The van der Waals surface area contributed by atoms with Crippen LogP contribution < -0.4 is 4.90 Å². The first-order valence-corrected chi connectivity index (χ1v) is 6.92. The van der Waals surface area contributed by atoms with Crippen molar-refractivity contribution in [1.29, 1.82) is 0 Å². The molecule has 0 radical (unpaired) electrons. The van der Waals surface area contributed by atoms with Crippen molar-refractivity contribution in [3.8, 4) is 0 Å². The zero-order valence-corrected chi connectivity index (χ0v) is 12.1. The molecule has 1 fully saturated rings. The molecule has 1 aliphatic heterocycles. The van der Waals surface area contributed by atoms with Crippen LogP contribution in [0.2, 0.25) is 0 Å². The number of rotatable bonds is 4. The summed E-state index contributed by atoms with van der Waals surface area (Å²) in [6.07, 6.45) is 2.61. The molecule has 0 atom stereocenters. The van der Waals surface area contributed by atoms with Gasteiger partial charge in [0.1, 0.15) is 0 Å². The predicted molar refractivity (Wildman–Crippen MR) is 77.9 cm³/mol. The molecule has 21 heavy (non-hydrogen) atoms. The lowest BCUT2D eigenvalue weighted by Gasteiger charge is -2.13. The second-order valence-electron chi connectivity index (χ2n) is 4.62. The number of esters is 1. The predicted octanol–water partition coefficient (Wildman–Crippen LogP) is 2.46. The highest BCUT2D eigenvalue weighted by molar-refractivity contribution is 6.28. The van der Waals surface area contributed by atoms with Gasteiger partial charge < -0.3 is 4.74 Å². The average molecular weight is 287 g/mol. The molecule has 5 heteroatoms. The quantitative estimate of drug-likeness (QED) is 0.485. The Morgan fingerprint density at radius 1 is 1.24 bits per heavy atom. The molecular weight excluding hydrogens is 270 g/mol. The minimum absolute atomic E-state index is 0.131. The summed E-state index contributed by atoms with van der Waals surface area (Å²) in [5, 5.41) is 0. The first-order chi connectivity index (χ1) is 10.1. The Kier molecular flexibility index (Phi) is 4.52. The third kappa shape index (κ3) is 3.02. The Morgan fingerprint density at radius 3 is 2.48 bits per heavy atom. The van der Waals surface area contributed by atoms with Crippen LogP contribution in [-0.2, 0) is 14.3 Å². The van der Waals surface area contributed by atoms with Gasteiger partial charge >= 0.3 is 5.97 Å². The number of carbonyl (C=O) groups excluding carboxylic acids is 3. The highest BCUT2D eigenvalue weighted by Gasteiger charge is 2.34. The lowest BCUT2D eigenvalue weighted by molar-refractivity contribution is -0.120. The van der Waals surface area contributed by atoms with Crippen LogP contribution in [0, 0.1) is 0 Å². The van der Waals surface area contributed by atoms with E-state index < -0.39 is 5.97 Å². The van der Waals surface area contributed by atoms with Crippen LogP contribution in [0.15, 0.2) is 35.9 Å². The summed E-state index contributed by atoms with van der Waals surface area (Å²) in [6, 6.07) is 6.26. The fourth-order valence-corrected chi connectivity index (χ4v) is 2.20. The van der Waals surface area contributed by atoms with Crippen LogP contribution in [0.1, 0.15) is 37.0 Å². The van der Waals surface area contributed by atoms with Crippen molar-refractivity contribution < 1.29 is 19.1 Å². The van der Waals surface area contributed by atoms with E-state index in [-0.39, 0.29) is 18.2 Å². The highest BCUT2D eigenvalue weighted by atomic mass is 16.5. The summed E-state index contributed by atoms with van der Waals surface area (Å²) in [7, 11) is 0. The second-order valence-corrected chi connectivity index (χ2v) is 4.62. The Labute approximate surface area is 123 Å². The zero-order valence-electron chi connectivity index (χ0n) is 12.1. The number of hydrogen-bond donors (Lipinski definition) is 0. The number of nitrogens with zero attached hydrogens (tertiary/aromatic N) is 1. The number of imide groups is 1. The van der Waals surface area contributed by atoms with Crippen LogP contribution in [0.4, 0.5) is 5.69 Å². The van der Waals surface area contributed by atoms with Gasteiger partial charge in [0, 0.05) is 5.57 Å². The summed E-state index contributed by atoms with van der Waals surface area (Å²) in [5.41, 5.74) is 1.39. The van der Waals surface area contributed by atoms with Crippen molar-refractivity contribution in [2.45, 2.75) is 26.7 Å². The monoisotopic (exact) mass is 287 g/mol. The largest absolute Gasteiger partial charge is 0.462 e. The normalized spacial score (nSPS) is 16.7. The Bertz CT molecular complexity index is 601. The van der Waals surface area contributed by atoms with Gasteiger partial charge in [0.2, 0.25) is 5.91 Å². The van der Waals surface area contributed by atoms with E-state index in [1.54, 1.807) is 37.3 Å². The SMILES string of the molecule is CCC=C1CC(=O)N(c2ccc(C(=O)OCC)cc2)C1=O. The van der Waals surface area contributed by atoms with Gasteiger partial charge in [-0.15, -0.1) is 0 Å². The van der Waals surface area contributed by atoms with E-state index in [9.17, 15) is 14.4 Å². The van der Waals surface area contributed by atoms with Crippen LogP contribution >= 0.6 is 0 Å². The first kappa shape index (κ1) is 15.0. The smallest absolute Gasteiger partial charge is 0.338 e. The molecule has 2 amide bonds. The van der Waals surface area contributed by atoms with Gasteiger partial charge in [-0.2, -0.15) is 0 Å². The first-order valence-electron chi connectivity index (χ1n) is 6.92. The van der Waals surface area contributed by atoms with Crippen molar-refractivity contribution in [1.82, 2.24) is 0 Å². The van der Waals surface area contributed by atoms with Crippen LogP contribution in [0.25, 0.3) is 0 Å². The molecule has 0 unspecified atom stereocenters. The van der Waals surface area contributed by atoms with Gasteiger partial charge in [0.25, 0.3) is 5.91 Å². The summed E-state index contributed by atoms with van der Waals surface area (Å²) < 4.78 is 4.89. The van der Waals surface area contributed by atoms with E-state index in [2.05, 4.69) is 0 Å². The number of allylic oxidation sites excluding steroid dienone is 1. The van der Waals surface area contributed by atoms with E-state index >= 15 is 0 Å². The van der Waals surface area contributed by atoms with Crippen molar-refractivity contribution in [2.75, 3.05) is 11.5 Å². The van der Waals surface area contributed by atoms with Gasteiger partial charge in [-0.05, 0) is 37.6 Å². The van der Waals surface area contributed by atoms with E-state index in [1.807, 2.05) is 6.92 Å². The maximum atomic E-state index is 12.2. The molecule has 110 valence electrons. The number of amides is 2. The van der Waals surface area contributed by atoms with Crippen LogP contribution in [0.5, 0.6) is 0 Å². The standard InChI is InChI=1S/C16H17NO4/c1-3-5-12-10-14(18)17(15(12)19)13-8-6-11(7-9-13)16(20)21-4-2/h5-9H,3-4,10H2,1-2H3. The molecule has 0 aliphatic carbocycles. The third-order valence-corrected chi connectivity index (χ3v) is 3.16. The lowest BCUT2D eigenvalue weighted by Crippen LogP contribution is -2.28. The molecule has 0 N–H and O–H groups in total. The molecule has 0 saturated carbocycles. The van der Waals surface area contributed by atoms with Gasteiger partial charge in [0.05, 0.1) is 24.3 Å². The fraction of sp³-hybridized carbons (Fsp3) is 0.312. The van der Waals surface area contributed by atoms with Crippen LogP contribution in [-0.4, -0.2) is 24.4 Å². The fourth-order valence-electron chi connectivity index (χ4n) is 2.20. The minimum atomic E-state index is -0.422. The molecule has 0 aromatic heterocycles. The summed E-state index contributed by atoms with van der Waals surface area (Å²) >= 11 is 0. The lowest BCUT2D eigenvalue weighted by atomic mass is 10.2. The minimum Gasteiger partial charge on any atom is -0.462 e. The number of carbonyl (C=O) groups is 3. The van der Waals surface area contributed by atoms with Crippen molar-refractivity contribution in [3.63, 3.8) is 0 Å². The molecule has 1 heterocycles. The van der Waals surface area contributed by atoms with Crippen molar-refractivity contribution >= 4 is 23.5 Å². The topological polar surface area (TPSA) is 63.7 Å². The van der Waals surface area contributed by atoms with Gasteiger partial charge in [-0.3, -0.25) is 9.59 Å². The molecule has 2 rings (SSSR count). The summed E-state index contributed by atoms with van der Waals surface area (Å²) in [4.78, 5) is 36.9. The second kappa shape index (κ2) is 6.35. The summed E-state index contributed by atoms with van der Waals surface area (Å²) in [6.45, 7) is 3.95.